The molecule has 0 atom stereocenters. The summed E-state index contributed by atoms with van der Waals surface area (Å²) >= 11 is 0. The summed E-state index contributed by atoms with van der Waals surface area (Å²) in [5.41, 5.74) is 0. The van der Waals surface area contributed by atoms with Crippen LogP contribution in [0.5, 0.6) is 0 Å². The summed E-state index contributed by atoms with van der Waals surface area (Å²) < 4.78 is 1.95. The summed E-state index contributed by atoms with van der Waals surface area (Å²) in [6.45, 7) is 8.37. The molecule has 1 aromatic heterocycles. The molecule has 1 aromatic rings. The van der Waals surface area contributed by atoms with Gasteiger partial charge in [-0.05, 0) is 19.9 Å². The van der Waals surface area contributed by atoms with Gasteiger partial charge in [0.2, 0.25) is 0 Å². The van der Waals surface area contributed by atoms with Crippen molar-refractivity contribution in [3.05, 3.63) is 12.2 Å². The average molecular weight is 196 g/mol. The standard InChI is InChI=1S/C10H20N4/c1-4-14-10(12-8-13-14)6-5-7-11-9(2)3/h8-9,11H,4-7H2,1-3H3. The van der Waals surface area contributed by atoms with Crippen molar-refractivity contribution in [3.63, 3.8) is 0 Å². The van der Waals surface area contributed by atoms with Gasteiger partial charge < -0.3 is 5.32 Å². The minimum absolute atomic E-state index is 0.569. The molecular weight excluding hydrogens is 176 g/mol. The molecule has 0 fully saturated rings. The van der Waals surface area contributed by atoms with E-state index in [1.165, 1.54) is 0 Å². The zero-order valence-corrected chi connectivity index (χ0v) is 9.32. The van der Waals surface area contributed by atoms with E-state index >= 15 is 0 Å². The molecule has 0 aliphatic rings. The Hall–Kier alpha value is -0.900. The molecule has 0 bridgehead atoms. The van der Waals surface area contributed by atoms with Crippen LogP contribution >= 0.6 is 0 Å². The van der Waals surface area contributed by atoms with Crippen molar-refractivity contribution in [2.24, 2.45) is 0 Å². The van der Waals surface area contributed by atoms with E-state index in [2.05, 4.69) is 36.2 Å². The van der Waals surface area contributed by atoms with Crippen molar-refractivity contribution in [2.75, 3.05) is 6.54 Å². The summed E-state index contributed by atoms with van der Waals surface area (Å²) in [6, 6.07) is 0.569. The van der Waals surface area contributed by atoms with Crippen LogP contribution in [0, 0.1) is 0 Å². The number of nitrogens with one attached hydrogen (secondary N) is 1. The fraction of sp³-hybridized carbons (Fsp3) is 0.800. The Labute approximate surface area is 85.7 Å². The van der Waals surface area contributed by atoms with Crippen LogP contribution in [0.1, 0.15) is 33.0 Å². The molecule has 4 nitrogen and oxygen atoms in total. The van der Waals surface area contributed by atoms with Gasteiger partial charge in [0.25, 0.3) is 0 Å². The van der Waals surface area contributed by atoms with Gasteiger partial charge in [0.1, 0.15) is 12.2 Å². The third-order valence-electron chi connectivity index (χ3n) is 2.13. The quantitative estimate of drug-likeness (QED) is 0.696. The molecule has 0 unspecified atom stereocenters. The highest BCUT2D eigenvalue weighted by molar-refractivity contribution is 4.84. The van der Waals surface area contributed by atoms with Crippen molar-refractivity contribution >= 4 is 0 Å². The van der Waals surface area contributed by atoms with Gasteiger partial charge in [0, 0.05) is 19.0 Å². The lowest BCUT2D eigenvalue weighted by Crippen LogP contribution is -2.24. The Morgan fingerprint density at radius 2 is 2.29 bits per heavy atom. The second-order valence-electron chi connectivity index (χ2n) is 3.70. The molecule has 0 aromatic carbocycles. The molecule has 14 heavy (non-hydrogen) atoms. The predicted octanol–water partition coefficient (Wildman–Crippen LogP) is 1.23. The second-order valence-corrected chi connectivity index (χ2v) is 3.70. The van der Waals surface area contributed by atoms with Crippen LogP contribution < -0.4 is 5.32 Å². The fourth-order valence-electron chi connectivity index (χ4n) is 1.38. The lowest BCUT2D eigenvalue weighted by atomic mass is 10.3. The van der Waals surface area contributed by atoms with Crippen molar-refractivity contribution in [1.82, 2.24) is 20.1 Å². The maximum absolute atomic E-state index is 4.23. The molecule has 0 saturated heterocycles. The molecular formula is C10H20N4. The third-order valence-corrected chi connectivity index (χ3v) is 2.13. The van der Waals surface area contributed by atoms with Gasteiger partial charge in [-0.1, -0.05) is 13.8 Å². The van der Waals surface area contributed by atoms with E-state index < -0.39 is 0 Å². The van der Waals surface area contributed by atoms with Crippen LogP contribution in [0.4, 0.5) is 0 Å². The average Bonchev–Trinajstić information content (AvgIpc) is 2.59. The van der Waals surface area contributed by atoms with Crippen LogP contribution in [0.3, 0.4) is 0 Å². The van der Waals surface area contributed by atoms with Gasteiger partial charge in [-0.3, -0.25) is 4.68 Å². The largest absolute Gasteiger partial charge is 0.315 e. The first-order chi connectivity index (χ1) is 6.74. The van der Waals surface area contributed by atoms with Crippen LogP contribution in [-0.2, 0) is 13.0 Å². The van der Waals surface area contributed by atoms with Crippen molar-refractivity contribution in [3.8, 4) is 0 Å². The van der Waals surface area contributed by atoms with Crippen LogP contribution in [0.15, 0.2) is 6.33 Å². The van der Waals surface area contributed by atoms with Crippen molar-refractivity contribution in [1.29, 1.82) is 0 Å². The highest BCUT2D eigenvalue weighted by Crippen LogP contribution is 1.97. The molecule has 0 amide bonds. The summed E-state index contributed by atoms with van der Waals surface area (Å²) in [5, 5.41) is 7.52. The van der Waals surface area contributed by atoms with E-state index in [1.54, 1.807) is 6.33 Å². The van der Waals surface area contributed by atoms with Gasteiger partial charge >= 0.3 is 0 Å². The van der Waals surface area contributed by atoms with E-state index in [1.807, 2.05) is 4.68 Å². The van der Waals surface area contributed by atoms with E-state index in [0.717, 1.165) is 31.8 Å². The first-order valence-electron chi connectivity index (χ1n) is 5.34. The summed E-state index contributed by atoms with van der Waals surface area (Å²) in [7, 11) is 0. The zero-order valence-electron chi connectivity index (χ0n) is 9.32. The number of aromatic nitrogens is 3. The summed E-state index contributed by atoms with van der Waals surface area (Å²) in [5.74, 6) is 1.10. The molecule has 0 spiro atoms. The first-order valence-corrected chi connectivity index (χ1v) is 5.34. The zero-order chi connectivity index (χ0) is 10.4. The fourth-order valence-corrected chi connectivity index (χ4v) is 1.38. The number of hydrogen-bond donors (Lipinski definition) is 1. The Morgan fingerprint density at radius 3 is 2.93 bits per heavy atom. The summed E-state index contributed by atoms with van der Waals surface area (Å²) in [4.78, 5) is 4.23. The van der Waals surface area contributed by atoms with E-state index in [-0.39, 0.29) is 0 Å². The maximum atomic E-state index is 4.23. The van der Waals surface area contributed by atoms with E-state index in [0.29, 0.717) is 6.04 Å². The number of hydrogen-bond acceptors (Lipinski definition) is 3. The molecule has 1 heterocycles. The van der Waals surface area contributed by atoms with Gasteiger partial charge in [-0.15, -0.1) is 0 Å². The number of rotatable bonds is 6. The normalized spacial score (nSPS) is 11.1. The smallest absolute Gasteiger partial charge is 0.138 e. The minimum atomic E-state index is 0.569. The van der Waals surface area contributed by atoms with E-state index in [4.69, 9.17) is 0 Å². The van der Waals surface area contributed by atoms with Crippen LogP contribution in [-0.4, -0.2) is 27.4 Å². The Morgan fingerprint density at radius 1 is 1.50 bits per heavy atom. The Kier molecular flexibility index (Phi) is 4.59. The number of nitrogens with zero attached hydrogens (tertiary/aromatic N) is 3. The highest BCUT2D eigenvalue weighted by atomic mass is 15.3. The lowest BCUT2D eigenvalue weighted by Gasteiger charge is -2.07. The van der Waals surface area contributed by atoms with Crippen LogP contribution in [0.2, 0.25) is 0 Å². The minimum Gasteiger partial charge on any atom is -0.315 e. The lowest BCUT2D eigenvalue weighted by molar-refractivity contribution is 0.548. The topological polar surface area (TPSA) is 42.7 Å². The highest BCUT2D eigenvalue weighted by Gasteiger charge is 2.01. The Bertz CT molecular complexity index is 254. The molecule has 1 rings (SSSR count). The molecule has 0 aliphatic carbocycles. The van der Waals surface area contributed by atoms with Gasteiger partial charge in [0.15, 0.2) is 0 Å². The third kappa shape index (κ3) is 3.46. The van der Waals surface area contributed by atoms with Crippen LogP contribution in [0.25, 0.3) is 0 Å². The maximum Gasteiger partial charge on any atom is 0.138 e. The molecule has 80 valence electrons. The van der Waals surface area contributed by atoms with Gasteiger partial charge in [-0.2, -0.15) is 5.10 Å². The molecule has 0 saturated carbocycles. The monoisotopic (exact) mass is 196 g/mol. The van der Waals surface area contributed by atoms with Gasteiger partial charge in [-0.25, -0.2) is 4.98 Å². The first kappa shape index (κ1) is 11.2. The van der Waals surface area contributed by atoms with Gasteiger partial charge in [0.05, 0.1) is 0 Å². The summed E-state index contributed by atoms with van der Waals surface area (Å²) in [6.07, 6.45) is 3.76. The number of aryl methyl sites for hydroxylation is 2. The predicted molar refractivity (Wildman–Crippen MR) is 57.2 cm³/mol. The second kappa shape index (κ2) is 5.75. The van der Waals surface area contributed by atoms with Crippen molar-refractivity contribution < 1.29 is 0 Å². The molecule has 4 heteroatoms. The SMILES string of the molecule is CCn1ncnc1CCCNC(C)C. The Balaban J connectivity index is 2.24. The molecule has 0 aliphatic heterocycles. The molecule has 1 N–H and O–H groups in total. The van der Waals surface area contributed by atoms with Crippen molar-refractivity contribution in [2.45, 2.75) is 46.2 Å². The molecule has 0 radical (unpaired) electrons. The van der Waals surface area contributed by atoms with E-state index in [9.17, 15) is 0 Å².